The van der Waals surface area contributed by atoms with Gasteiger partial charge in [0.1, 0.15) is 5.78 Å². The van der Waals surface area contributed by atoms with Gasteiger partial charge in [0.05, 0.1) is 0 Å². The van der Waals surface area contributed by atoms with Crippen LogP contribution in [0, 0.1) is 5.92 Å². The molecule has 5 heteroatoms. The molecule has 0 unspecified atom stereocenters. The molecular weight excluding hydrogens is 208 g/mol. The smallest absolute Gasteiger partial charge is 0.300 e. The van der Waals surface area contributed by atoms with Crippen LogP contribution in [0.3, 0.4) is 0 Å². The van der Waals surface area contributed by atoms with Crippen molar-refractivity contribution in [1.29, 1.82) is 0 Å². The van der Waals surface area contributed by atoms with E-state index in [-0.39, 0.29) is 28.9 Å². The van der Waals surface area contributed by atoms with Gasteiger partial charge in [-0.05, 0) is 13.3 Å². The van der Waals surface area contributed by atoms with E-state index < -0.39 is 0 Å². The van der Waals surface area contributed by atoms with Crippen LogP contribution in [0.1, 0.15) is 25.0 Å². The largest absolute Gasteiger partial charge is 0.330 e. The van der Waals surface area contributed by atoms with Crippen molar-refractivity contribution in [2.24, 2.45) is 20.0 Å². The van der Waals surface area contributed by atoms with Gasteiger partial charge in [0.25, 0.3) is 5.56 Å². The van der Waals surface area contributed by atoms with Gasteiger partial charge in [-0.25, -0.2) is 4.79 Å². The van der Waals surface area contributed by atoms with Crippen molar-refractivity contribution in [3.05, 3.63) is 32.6 Å². The fourth-order valence-corrected chi connectivity index (χ4v) is 2.08. The van der Waals surface area contributed by atoms with E-state index in [1.54, 1.807) is 14.0 Å². The number of carbonyl (C=O) groups is 1. The zero-order valence-corrected chi connectivity index (χ0v) is 9.56. The first-order valence-corrected chi connectivity index (χ1v) is 5.21. The van der Waals surface area contributed by atoms with Gasteiger partial charge >= 0.3 is 5.69 Å². The Bertz CT molecular complexity index is 568. The molecule has 0 saturated heterocycles. The lowest BCUT2D eigenvalue weighted by Crippen LogP contribution is -2.38. The van der Waals surface area contributed by atoms with Crippen LogP contribution in [0.15, 0.2) is 15.7 Å². The number of hydrogen-bond donors (Lipinski definition) is 0. The van der Waals surface area contributed by atoms with Crippen molar-refractivity contribution < 1.29 is 4.79 Å². The van der Waals surface area contributed by atoms with Crippen molar-refractivity contribution >= 4 is 5.78 Å². The highest BCUT2D eigenvalue weighted by atomic mass is 16.2. The van der Waals surface area contributed by atoms with Gasteiger partial charge < -0.3 is 4.57 Å². The lowest BCUT2D eigenvalue weighted by Gasteiger charge is -2.08. The number of hydrogen-bond acceptors (Lipinski definition) is 3. The summed E-state index contributed by atoms with van der Waals surface area (Å²) in [6.07, 6.45) is 0.746. The predicted molar refractivity (Wildman–Crippen MR) is 58.5 cm³/mol. The Morgan fingerprint density at radius 1 is 1.31 bits per heavy atom. The second kappa shape index (κ2) is 3.43. The van der Waals surface area contributed by atoms with E-state index in [1.807, 2.05) is 0 Å². The monoisotopic (exact) mass is 222 g/mol. The van der Waals surface area contributed by atoms with Crippen LogP contribution in [0.5, 0.6) is 0 Å². The number of rotatable bonds is 2. The summed E-state index contributed by atoms with van der Waals surface area (Å²) in [4.78, 5) is 34.3. The van der Waals surface area contributed by atoms with Gasteiger partial charge in [0.2, 0.25) is 0 Å². The summed E-state index contributed by atoms with van der Waals surface area (Å²) < 4.78 is 2.52. The minimum atomic E-state index is -0.336. The number of ketones is 1. The molecule has 16 heavy (non-hydrogen) atoms. The quantitative estimate of drug-likeness (QED) is 0.694. The topological polar surface area (TPSA) is 61.1 Å². The van der Waals surface area contributed by atoms with Crippen LogP contribution in [0.2, 0.25) is 0 Å². The summed E-state index contributed by atoms with van der Waals surface area (Å²) in [5, 5.41) is 0. The van der Waals surface area contributed by atoms with E-state index in [1.165, 1.54) is 17.7 Å². The molecule has 86 valence electrons. The summed E-state index contributed by atoms with van der Waals surface area (Å²) in [5.74, 6) is 0.153. The molecule has 0 amide bonds. The molecule has 0 radical (unpaired) electrons. The molecule has 1 saturated carbocycles. The highest BCUT2D eigenvalue weighted by Gasteiger charge is 2.43. The summed E-state index contributed by atoms with van der Waals surface area (Å²) in [7, 11) is 3.08. The summed E-state index contributed by atoms with van der Waals surface area (Å²) in [6, 6.07) is 1.45. The maximum Gasteiger partial charge on any atom is 0.330 e. The summed E-state index contributed by atoms with van der Waals surface area (Å²) in [6.45, 7) is 1.55. The molecule has 2 rings (SSSR count). The van der Waals surface area contributed by atoms with Crippen LogP contribution in [0.25, 0.3) is 0 Å². The zero-order valence-electron chi connectivity index (χ0n) is 9.56. The molecule has 0 aromatic carbocycles. The van der Waals surface area contributed by atoms with Crippen molar-refractivity contribution in [3.8, 4) is 0 Å². The predicted octanol–water partition coefficient (Wildman–Crippen LogP) is -0.224. The van der Waals surface area contributed by atoms with Crippen molar-refractivity contribution in [2.75, 3.05) is 0 Å². The van der Waals surface area contributed by atoms with Gasteiger partial charge in [-0.3, -0.25) is 14.2 Å². The second-order valence-corrected chi connectivity index (χ2v) is 4.37. The zero-order chi connectivity index (χ0) is 12.0. The SMILES string of the molecule is CC(=O)[C@H]1C[C@H]1c1cc(=O)n(C)c(=O)n1C. The van der Waals surface area contributed by atoms with Crippen LogP contribution in [-0.4, -0.2) is 14.9 Å². The maximum atomic E-state index is 11.7. The van der Waals surface area contributed by atoms with E-state index in [0.29, 0.717) is 5.69 Å². The molecule has 1 heterocycles. The van der Waals surface area contributed by atoms with Crippen molar-refractivity contribution in [2.45, 2.75) is 19.3 Å². The van der Waals surface area contributed by atoms with E-state index >= 15 is 0 Å². The molecule has 1 fully saturated rings. The standard InChI is InChI=1S/C11H14N2O3/c1-6(14)7-4-8(7)9-5-10(15)13(3)11(16)12(9)2/h5,7-8H,4H2,1-3H3/t7-,8-/m1/s1. The molecule has 0 aliphatic heterocycles. The molecule has 1 aliphatic carbocycles. The molecule has 1 aromatic rings. The molecular formula is C11H14N2O3. The highest BCUT2D eigenvalue weighted by Crippen LogP contribution is 2.46. The number of carbonyl (C=O) groups excluding carboxylic acids is 1. The van der Waals surface area contributed by atoms with E-state index in [4.69, 9.17) is 0 Å². The van der Waals surface area contributed by atoms with Crippen LogP contribution in [0.4, 0.5) is 0 Å². The number of aromatic nitrogens is 2. The van der Waals surface area contributed by atoms with Crippen LogP contribution < -0.4 is 11.2 Å². The van der Waals surface area contributed by atoms with Crippen LogP contribution >= 0.6 is 0 Å². The minimum absolute atomic E-state index is 0.0160. The Morgan fingerprint density at radius 3 is 2.44 bits per heavy atom. The van der Waals surface area contributed by atoms with Gasteiger partial charge in [-0.15, -0.1) is 0 Å². The average Bonchev–Trinajstić information content (AvgIpc) is 3.00. The third-order valence-corrected chi connectivity index (χ3v) is 3.26. The first kappa shape index (κ1) is 10.9. The Hall–Kier alpha value is -1.65. The molecule has 5 nitrogen and oxygen atoms in total. The van der Waals surface area contributed by atoms with Crippen molar-refractivity contribution in [1.82, 2.24) is 9.13 Å². The first-order valence-electron chi connectivity index (χ1n) is 5.21. The normalized spacial score (nSPS) is 23.2. The summed E-state index contributed by atoms with van der Waals surface area (Å²) >= 11 is 0. The maximum absolute atomic E-state index is 11.7. The third-order valence-electron chi connectivity index (χ3n) is 3.26. The fourth-order valence-electron chi connectivity index (χ4n) is 2.08. The molecule has 1 aromatic heterocycles. The Labute approximate surface area is 92.3 Å². The van der Waals surface area contributed by atoms with Crippen molar-refractivity contribution in [3.63, 3.8) is 0 Å². The fraction of sp³-hybridized carbons (Fsp3) is 0.545. The lowest BCUT2D eigenvalue weighted by molar-refractivity contribution is -0.118. The van der Waals surface area contributed by atoms with Gasteiger partial charge in [0, 0.05) is 37.7 Å². The minimum Gasteiger partial charge on any atom is -0.300 e. The van der Waals surface area contributed by atoms with E-state index in [0.717, 1.165) is 11.0 Å². The third kappa shape index (κ3) is 1.52. The van der Waals surface area contributed by atoms with E-state index in [9.17, 15) is 14.4 Å². The molecule has 0 N–H and O–H groups in total. The summed E-state index contributed by atoms with van der Waals surface area (Å²) in [5.41, 5.74) is 0.0253. The number of nitrogens with zero attached hydrogens (tertiary/aromatic N) is 2. The van der Waals surface area contributed by atoms with Crippen LogP contribution in [-0.2, 0) is 18.9 Å². The number of Topliss-reactive ketones (excluding diaryl/α,β-unsaturated/α-hetero) is 1. The Morgan fingerprint density at radius 2 is 1.94 bits per heavy atom. The molecule has 0 bridgehead atoms. The molecule has 1 aliphatic rings. The Balaban J connectivity index is 2.49. The highest BCUT2D eigenvalue weighted by molar-refractivity contribution is 5.82. The molecule has 2 atom stereocenters. The first-order chi connectivity index (χ1) is 7.43. The lowest BCUT2D eigenvalue weighted by atomic mass is 10.2. The van der Waals surface area contributed by atoms with Gasteiger partial charge in [-0.1, -0.05) is 0 Å². The molecule has 0 spiro atoms. The van der Waals surface area contributed by atoms with Gasteiger partial charge in [0.15, 0.2) is 0 Å². The average molecular weight is 222 g/mol. The Kier molecular flexibility index (Phi) is 2.33. The second-order valence-electron chi connectivity index (χ2n) is 4.37. The van der Waals surface area contributed by atoms with Gasteiger partial charge in [-0.2, -0.15) is 0 Å². The van der Waals surface area contributed by atoms with E-state index in [2.05, 4.69) is 0 Å².